The summed E-state index contributed by atoms with van der Waals surface area (Å²) in [5.41, 5.74) is 0. The molecule has 6 heteroatoms. The zero-order valence-electron chi connectivity index (χ0n) is 10.6. The smallest absolute Gasteiger partial charge is 0.306 e. The largest absolute Gasteiger partial charge is 0.466 e. The molecule has 19 heavy (non-hydrogen) atoms. The molecule has 0 aliphatic rings. The van der Waals surface area contributed by atoms with Gasteiger partial charge in [-0.25, -0.2) is 0 Å². The number of halogens is 1. The molecule has 1 aromatic carbocycles. The highest BCUT2D eigenvalue weighted by Crippen LogP contribution is 2.14. The van der Waals surface area contributed by atoms with Crippen molar-refractivity contribution in [2.24, 2.45) is 0 Å². The Balaban J connectivity index is 2.44. The third kappa shape index (κ3) is 5.98. The van der Waals surface area contributed by atoms with Gasteiger partial charge in [-0.2, -0.15) is 0 Å². The van der Waals surface area contributed by atoms with Gasteiger partial charge in [0.25, 0.3) is 0 Å². The van der Waals surface area contributed by atoms with Crippen LogP contribution in [-0.2, 0) is 25.1 Å². The highest BCUT2D eigenvalue weighted by Gasteiger charge is 2.12. The fourth-order valence-corrected chi connectivity index (χ4v) is 2.73. The molecule has 1 atom stereocenters. The van der Waals surface area contributed by atoms with Crippen LogP contribution in [0, 0.1) is 0 Å². The molecule has 0 heterocycles. The third-order valence-corrected chi connectivity index (χ3v) is 3.86. The van der Waals surface area contributed by atoms with E-state index in [1.807, 2.05) is 0 Å². The summed E-state index contributed by atoms with van der Waals surface area (Å²) in [5, 5.41) is 0.477. The molecule has 0 amide bonds. The third-order valence-electron chi connectivity index (χ3n) is 2.26. The van der Waals surface area contributed by atoms with Crippen LogP contribution in [0.1, 0.15) is 19.8 Å². The Bertz CT molecular complexity index is 487. The van der Waals surface area contributed by atoms with Crippen molar-refractivity contribution < 1.29 is 18.5 Å². The van der Waals surface area contributed by atoms with Crippen LogP contribution in [0.4, 0.5) is 0 Å². The van der Waals surface area contributed by atoms with E-state index in [0.29, 0.717) is 16.5 Å². The Labute approximate surface area is 119 Å². The fourth-order valence-electron chi connectivity index (χ4n) is 1.38. The van der Waals surface area contributed by atoms with Gasteiger partial charge in [0.1, 0.15) is 5.78 Å². The number of esters is 1. The average Bonchev–Trinajstić information content (AvgIpc) is 2.36. The van der Waals surface area contributed by atoms with Gasteiger partial charge in [-0.15, -0.1) is 0 Å². The van der Waals surface area contributed by atoms with Crippen molar-refractivity contribution in [2.45, 2.75) is 24.7 Å². The first-order valence-electron chi connectivity index (χ1n) is 5.84. The van der Waals surface area contributed by atoms with E-state index in [0.717, 1.165) is 0 Å². The minimum absolute atomic E-state index is 0.0272. The highest BCUT2D eigenvalue weighted by molar-refractivity contribution is 7.85. The number of ketones is 1. The predicted molar refractivity (Wildman–Crippen MR) is 73.6 cm³/mol. The van der Waals surface area contributed by atoms with E-state index in [9.17, 15) is 13.8 Å². The lowest BCUT2D eigenvalue weighted by Crippen LogP contribution is -2.13. The van der Waals surface area contributed by atoms with E-state index in [4.69, 9.17) is 16.3 Å². The molecule has 104 valence electrons. The molecule has 0 N–H and O–H groups in total. The molecule has 0 fully saturated rings. The van der Waals surface area contributed by atoms with Crippen molar-refractivity contribution in [3.63, 3.8) is 0 Å². The van der Waals surface area contributed by atoms with Crippen LogP contribution in [0.2, 0.25) is 5.02 Å². The molecule has 0 saturated heterocycles. The normalized spacial score (nSPS) is 11.9. The number of hydrogen-bond donors (Lipinski definition) is 0. The van der Waals surface area contributed by atoms with Crippen LogP contribution in [0.25, 0.3) is 0 Å². The van der Waals surface area contributed by atoms with E-state index in [1.54, 1.807) is 31.2 Å². The summed E-state index contributed by atoms with van der Waals surface area (Å²) in [5.74, 6) is -0.754. The molecule has 0 radical (unpaired) electrons. The van der Waals surface area contributed by atoms with Gasteiger partial charge in [-0.1, -0.05) is 17.7 Å². The van der Waals surface area contributed by atoms with Crippen LogP contribution in [0.15, 0.2) is 29.2 Å². The van der Waals surface area contributed by atoms with Crippen LogP contribution in [0.5, 0.6) is 0 Å². The Morgan fingerprint density at radius 1 is 1.32 bits per heavy atom. The maximum Gasteiger partial charge on any atom is 0.306 e. The van der Waals surface area contributed by atoms with Crippen molar-refractivity contribution in [3.8, 4) is 0 Å². The molecule has 1 rings (SSSR count). The van der Waals surface area contributed by atoms with Gasteiger partial charge in [0.15, 0.2) is 0 Å². The number of Topliss-reactive ketones (excluding diaryl/α,β-unsaturated/α-hetero) is 1. The van der Waals surface area contributed by atoms with E-state index >= 15 is 0 Å². The number of hydrogen-bond acceptors (Lipinski definition) is 4. The summed E-state index contributed by atoms with van der Waals surface area (Å²) in [6, 6.07) is 6.57. The lowest BCUT2D eigenvalue weighted by atomic mass is 10.2. The maximum absolute atomic E-state index is 11.9. The topological polar surface area (TPSA) is 60.4 Å². The van der Waals surface area contributed by atoms with Gasteiger partial charge in [0.05, 0.1) is 29.6 Å². The molecule has 4 nitrogen and oxygen atoms in total. The van der Waals surface area contributed by atoms with Gasteiger partial charge in [0.2, 0.25) is 0 Å². The zero-order valence-corrected chi connectivity index (χ0v) is 12.1. The Hall–Kier alpha value is -1.20. The van der Waals surface area contributed by atoms with Crippen LogP contribution in [-0.4, -0.2) is 28.3 Å². The number of rotatable bonds is 7. The average molecular weight is 303 g/mol. The van der Waals surface area contributed by atoms with E-state index < -0.39 is 16.8 Å². The quantitative estimate of drug-likeness (QED) is 0.726. The molecular weight excluding hydrogens is 288 g/mol. The summed E-state index contributed by atoms with van der Waals surface area (Å²) >= 11 is 5.78. The Morgan fingerprint density at radius 2 is 2.05 bits per heavy atom. The highest BCUT2D eigenvalue weighted by atomic mass is 35.5. The first-order chi connectivity index (χ1) is 9.02. The second-order valence-electron chi connectivity index (χ2n) is 3.79. The minimum Gasteiger partial charge on any atom is -0.466 e. The van der Waals surface area contributed by atoms with Crippen molar-refractivity contribution in [1.29, 1.82) is 0 Å². The van der Waals surface area contributed by atoms with Gasteiger partial charge in [-0.05, 0) is 25.1 Å². The van der Waals surface area contributed by atoms with Crippen LogP contribution >= 0.6 is 11.6 Å². The standard InChI is InChI=1S/C13H15ClO4S/c1-2-18-13(16)7-6-11(15)9-19(17)12-5-3-4-10(14)8-12/h3-5,8H,2,6-7,9H2,1H3. The number of benzene rings is 1. The van der Waals surface area contributed by atoms with Crippen molar-refractivity contribution in [1.82, 2.24) is 0 Å². The van der Waals surface area contributed by atoms with Crippen LogP contribution < -0.4 is 0 Å². The Kier molecular flexibility index (Phi) is 6.73. The summed E-state index contributed by atoms with van der Waals surface area (Å²) in [6.45, 7) is 2.00. The second-order valence-corrected chi connectivity index (χ2v) is 5.68. The number of ether oxygens (including phenoxy) is 1. The second kappa shape index (κ2) is 8.07. The van der Waals surface area contributed by atoms with Gasteiger partial charge in [-0.3, -0.25) is 13.8 Å². The zero-order chi connectivity index (χ0) is 14.3. The Morgan fingerprint density at radius 3 is 2.68 bits per heavy atom. The first-order valence-corrected chi connectivity index (χ1v) is 7.54. The monoisotopic (exact) mass is 302 g/mol. The van der Waals surface area contributed by atoms with Crippen molar-refractivity contribution in [3.05, 3.63) is 29.3 Å². The van der Waals surface area contributed by atoms with Crippen molar-refractivity contribution >= 4 is 34.2 Å². The fraction of sp³-hybridized carbons (Fsp3) is 0.385. The SMILES string of the molecule is CCOC(=O)CCC(=O)CS(=O)c1cccc(Cl)c1. The summed E-state index contributed by atoms with van der Waals surface area (Å²) in [6.07, 6.45) is 0.0740. The van der Waals surface area contributed by atoms with E-state index in [1.165, 1.54) is 0 Å². The van der Waals surface area contributed by atoms with E-state index in [2.05, 4.69) is 0 Å². The predicted octanol–water partition coefficient (Wildman–Crippen LogP) is 2.36. The minimum atomic E-state index is -1.43. The lowest BCUT2D eigenvalue weighted by molar-refractivity contribution is -0.144. The molecule has 1 unspecified atom stereocenters. The van der Waals surface area contributed by atoms with Gasteiger partial charge >= 0.3 is 5.97 Å². The van der Waals surface area contributed by atoms with Gasteiger partial charge in [0, 0.05) is 16.3 Å². The molecule has 0 bridgehead atoms. The van der Waals surface area contributed by atoms with E-state index in [-0.39, 0.29) is 24.4 Å². The molecule has 0 aliphatic carbocycles. The van der Waals surface area contributed by atoms with Crippen molar-refractivity contribution in [2.75, 3.05) is 12.4 Å². The maximum atomic E-state index is 11.9. The molecule has 1 aromatic rings. The number of carbonyl (C=O) groups is 2. The summed E-state index contributed by atoms with van der Waals surface area (Å²) in [7, 11) is -1.43. The lowest BCUT2D eigenvalue weighted by Gasteiger charge is -2.03. The van der Waals surface area contributed by atoms with Crippen LogP contribution in [0.3, 0.4) is 0 Å². The first kappa shape index (κ1) is 15.9. The molecule has 0 saturated carbocycles. The van der Waals surface area contributed by atoms with Gasteiger partial charge < -0.3 is 4.74 Å². The molecule has 0 aromatic heterocycles. The summed E-state index contributed by atoms with van der Waals surface area (Å²) < 4.78 is 16.6. The molecule has 0 spiro atoms. The molecule has 0 aliphatic heterocycles. The summed E-state index contributed by atoms with van der Waals surface area (Å²) in [4.78, 5) is 23.2. The molecular formula is C13H15ClO4S. The number of carbonyl (C=O) groups excluding carboxylic acids is 2.